The molecule has 0 saturated carbocycles. The van der Waals surface area contributed by atoms with Gasteiger partial charge in [-0.3, -0.25) is 14.4 Å². The molecule has 3 fully saturated rings. The lowest BCUT2D eigenvalue weighted by atomic mass is 9.71. The van der Waals surface area contributed by atoms with Crippen LogP contribution in [0.5, 0.6) is 0 Å². The summed E-state index contributed by atoms with van der Waals surface area (Å²) >= 11 is 5.33. The van der Waals surface area contributed by atoms with Crippen LogP contribution in [-0.4, -0.2) is 88.0 Å². The van der Waals surface area contributed by atoms with Crippen molar-refractivity contribution < 1.29 is 24.2 Å². The Bertz CT molecular complexity index is 1110. The Morgan fingerprint density at radius 2 is 1.88 bits per heavy atom. The summed E-state index contributed by atoms with van der Waals surface area (Å²) in [4.78, 5) is 47.1. The lowest BCUT2D eigenvalue weighted by Crippen LogP contribution is -2.56. The highest BCUT2D eigenvalue weighted by Gasteiger charge is 2.76. The van der Waals surface area contributed by atoms with Crippen molar-refractivity contribution in [2.24, 2.45) is 11.8 Å². The van der Waals surface area contributed by atoms with E-state index in [2.05, 4.69) is 47.8 Å². The van der Waals surface area contributed by atoms with Crippen molar-refractivity contribution in [3.05, 3.63) is 49.6 Å². The third kappa shape index (κ3) is 5.34. The molecule has 0 aromatic heterocycles. The van der Waals surface area contributed by atoms with Gasteiger partial charge in [-0.25, -0.2) is 0 Å². The first-order valence-corrected chi connectivity index (χ1v) is 15.9. The summed E-state index contributed by atoms with van der Waals surface area (Å²) in [6, 6.07) is 7.02. The predicted octanol–water partition coefficient (Wildman–Crippen LogP) is 4.02. The molecule has 1 aromatic carbocycles. The molecular formula is C30H40BrN3O5S. The molecule has 3 unspecified atom stereocenters. The van der Waals surface area contributed by atoms with Crippen molar-refractivity contribution >= 4 is 56.9 Å². The zero-order valence-corrected chi connectivity index (χ0v) is 25.7. The van der Waals surface area contributed by atoms with Gasteiger partial charge in [-0.05, 0) is 57.4 Å². The average Bonchev–Trinajstić information content (AvgIpc) is 3.54. The zero-order chi connectivity index (χ0) is 29.0. The maximum atomic E-state index is 14.5. The number of halogens is 1. The molecule has 6 atom stereocenters. The van der Waals surface area contributed by atoms with Gasteiger partial charge in [0.25, 0.3) is 5.91 Å². The molecule has 40 heavy (non-hydrogen) atoms. The molecule has 4 rings (SSSR count). The van der Waals surface area contributed by atoms with E-state index in [-0.39, 0.29) is 48.2 Å². The van der Waals surface area contributed by atoms with Gasteiger partial charge in [0, 0.05) is 47.6 Å². The van der Waals surface area contributed by atoms with E-state index in [1.807, 2.05) is 24.3 Å². The monoisotopic (exact) mass is 633 g/mol. The van der Waals surface area contributed by atoms with E-state index in [0.29, 0.717) is 18.5 Å². The molecular weight excluding hydrogens is 594 g/mol. The Morgan fingerprint density at radius 1 is 1.20 bits per heavy atom. The number of β-amino-alcohol motifs (C(OH)–C–C–N with tert-alkyl or cyclic N) is 1. The number of anilines is 2. The van der Waals surface area contributed by atoms with Gasteiger partial charge in [-0.1, -0.05) is 28.1 Å². The Balaban J connectivity index is 1.68. The normalized spacial score (nSPS) is 28.4. The zero-order valence-electron chi connectivity index (χ0n) is 23.3. The number of esters is 1. The highest BCUT2D eigenvalue weighted by molar-refractivity contribution is 9.09. The summed E-state index contributed by atoms with van der Waals surface area (Å²) in [6.45, 7) is 13.8. The van der Waals surface area contributed by atoms with E-state index in [4.69, 9.17) is 4.74 Å². The summed E-state index contributed by atoms with van der Waals surface area (Å²) in [5.74, 6) is -2.21. The van der Waals surface area contributed by atoms with Gasteiger partial charge in [-0.2, -0.15) is 0 Å². The largest absolute Gasteiger partial charge is 0.465 e. The van der Waals surface area contributed by atoms with Gasteiger partial charge in [0.05, 0.1) is 29.8 Å². The molecule has 10 heteroatoms. The standard InChI is InChI=1S/C30H40BrN3O5S/c1-5-9-10-18-39-29(38)23-24-27(36)34(16-17-35)26(30(24)19-22(31)25(23)40-30)28(37)33(15-6-2)21-13-11-20(12-14-21)32(7-3)8-4/h5-6,11-14,22-26,35H,1-2,7-10,15-19H2,3-4H3/t22?,23-,24+,25-,26?,30?/m1/s1. The van der Waals surface area contributed by atoms with Crippen molar-refractivity contribution in [3.8, 4) is 0 Å². The molecule has 3 heterocycles. The Kier molecular flexibility index (Phi) is 10.1. The molecule has 1 aromatic rings. The number of ether oxygens (including phenoxy) is 1. The van der Waals surface area contributed by atoms with Gasteiger partial charge in [-0.15, -0.1) is 24.9 Å². The van der Waals surface area contributed by atoms with Crippen LogP contribution in [0.15, 0.2) is 49.6 Å². The number of fused-ring (bicyclic) bond motifs is 1. The summed E-state index contributed by atoms with van der Waals surface area (Å²) in [7, 11) is 0. The number of amides is 2. The molecule has 0 radical (unpaired) electrons. The minimum Gasteiger partial charge on any atom is -0.465 e. The first-order chi connectivity index (χ1) is 19.3. The third-order valence-corrected chi connectivity index (χ3v) is 11.5. The number of aliphatic hydroxyl groups excluding tert-OH is 1. The fourth-order valence-corrected chi connectivity index (χ4v) is 10.1. The number of carbonyl (C=O) groups is 3. The molecule has 2 bridgehead atoms. The quantitative estimate of drug-likeness (QED) is 0.143. The van der Waals surface area contributed by atoms with Gasteiger partial charge in [0.2, 0.25) is 5.91 Å². The second kappa shape index (κ2) is 13.1. The van der Waals surface area contributed by atoms with Crippen LogP contribution in [0.25, 0.3) is 0 Å². The van der Waals surface area contributed by atoms with E-state index in [1.54, 1.807) is 28.8 Å². The highest BCUT2D eigenvalue weighted by atomic mass is 79.9. The molecule has 0 aliphatic carbocycles. The Hall–Kier alpha value is -2.30. The van der Waals surface area contributed by atoms with Crippen molar-refractivity contribution in [2.45, 2.75) is 54.0 Å². The number of benzene rings is 1. The predicted molar refractivity (Wildman–Crippen MR) is 164 cm³/mol. The van der Waals surface area contributed by atoms with E-state index >= 15 is 0 Å². The van der Waals surface area contributed by atoms with Crippen LogP contribution >= 0.6 is 27.7 Å². The second-order valence-corrected chi connectivity index (χ2v) is 13.2. The van der Waals surface area contributed by atoms with Crippen LogP contribution in [0, 0.1) is 11.8 Å². The number of rotatable bonds is 14. The molecule has 8 nitrogen and oxygen atoms in total. The molecule has 3 aliphatic heterocycles. The smallest absolute Gasteiger partial charge is 0.310 e. The number of thioether (sulfide) groups is 1. The lowest BCUT2D eigenvalue weighted by molar-refractivity contribution is -0.154. The fraction of sp³-hybridized carbons (Fsp3) is 0.567. The lowest BCUT2D eigenvalue weighted by Gasteiger charge is -2.37. The number of nitrogens with zero attached hydrogens (tertiary/aromatic N) is 3. The first kappa shape index (κ1) is 30.7. The average molecular weight is 635 g/mol. The minimum absolute atomic E-state index is 0.0234. The van der Waals surface area contributed by atoms with Gasteiger partial charge in [0.15, 0.2) is 0 Å². The number of unbranched alkanes of at least 4 members (excludes halogenated alkanes) is 1. The van der Waals surface area contributed by atoms with Crippen molar-refractivity contribution in [3.63, 3.8) is 0 Å². The second-order valence-electron chi connectivity index (χ2n) is 10.4. The maximum Gasteiger partial charge on any atom is 0.310 e. The maximum absolute atomic E-state index is 14.5. The van der Waals surface area contributed by atoms with Crippen LogP contribution in [0.3, 0.4) is 0 Å². The van der Waals surface area contributed by atoms with Crippen molar-refractivity contribution in [1.29, 1.82) is 0 Å². The van der Waals surface area contributed by atoms with E-state index in [0.717, 1.165) is 25.2 Å². The molecule has 3 saturated heterocycles. The van der Waals surface area contributed by atoms with Crippen molar-refractivity contribution in [1.82, 2.24) is 4.90 Å². The SMILES string of the molecule is C=CCCCOC(=O)[C@H]1[C@@H]2SC3(CC2Br)C(C(=O)N(CC=C)c2ccc(N(CC)CC)cc2)N(CCO)C(=O)[C@H]13. The van der Waals surface area contributed by atoms with E-state index < -0.39 is 28.6 Å². The summed E-state index contributed by atoms with van der Waals surface area (Å²) in [5.41, 5.74) is 1.78. The third-order valence-electron chi connectivity index (χ3n) is 8.30. The molecule has 218 valence electrons. The Morgan fingerprint density at radius 3 is 2.48 bits per heavy atom. The number of allylic oxidation sites excluding steroid dienone is 1. The van der Waals surface area contributed by atoms with Crippen LogP contribution in [0.4, 0.5) is 11.4 Å². The van der Waals surface area contributed by atoms with Gasteiger partial charge < -0.3 is 24.5 Å². The van der Waals surface area contributed by atoms with Gasteiger partial charge in [0.1, 0.15) is 6.04 Å². The molecule has 2 amide bonds. The number of alkyl halides is 1. The van der Waals surface area contributed by atoms with Crippen LogP contribution < -0.4 is 9.80 Å². The van der Waals surface area contributed by atoms with Gasteiger partial charge >= 0.3 is 5.97 Å². The fourth-order valence-electron chi connectivity index (χ4n) is 6.55. The van der Waals surface area contributed by atoms with Crippen molar-refractivity contribution in [2.75, 3.05) is 49.2 Å². The molecule has 1 spiro atoms. The number of likely N-dealkylation sites (tertiary alicyclic amines) is 1. The Labute approximate surface area is 249 Å². The van der Waals surface area contributed by atoms with Crippen LogP contribution in [0.1, 0.15) is 33.1 Å². The molecule has 3 aliphatic rings. The van der Waals surface area contributed by atoms with E-state index in [9.17, 15) is 19.5 Å². The first-order valence-electron chi connectivity index (χ1n) is 14.1. The van der Waals surface area contributed by atoms with Crippen LogP contribution in [-0.2, 0) is 19.1 Å². The minimum atomic E-state index is -0.826. The summed E-state index contributed by atoms with van der Waals surface area (Å²) in [5, 5.41) is 9.73. The number of hydrogen-bond donors (Lipinski definition) is 1. The number of hydrogen-bond acceptors (Lipinski definition) is 7. The molecule has 1 N–H and O–H groups in total. The van der Waals surface area contributed by atoms with Crippen LogP contribution in [0.2, 0.25) is 0 Å². The number of aliphatic hydroxyl groups is 1. The highest BCUT2D eigenvalue weighted by Crippen LogP contribution is 2.68. The topological polar surface area (TPSA) is 90.4 Å². The number of carbonyl (C=O) groups excluding carboxylic acids is 3. The summed E-state index contributed by atoms with van der Waals surface area (Å²) in [6.07, 6.45) is 5.43. The summed E-state index contributed by atoms with van der Waals surface area (Å²) < 4.78 is 4.83. The van der Waals surface area contributed by atoms with E-state index in [1.165, 1.54) is 4.90 Å².